The van der Waals surface area contributed by atoms with Crippen molar-refractivity contribution in [2.75, 3.05) is 0 Å². The maximum atomic E-state index is 6.08. The lowest BCUT2D eigenvalue weighted by molar-refractivity contribution is 0.571. The number of nitrogens with zero attached hydrogens (tertiary/aromatic N) is 6. The highest BCUT2D eigenvalue weighted by Gasteiger charge is 2.27. The van der Waals surface area contributed by atoms with E-state index in [0.717, 1.165) is 215 Å². The van der Waals surface area contributed by atoms with E-state index < -0.39 is 0 Å². The van der Waals surface area contributed by atoms with Gasteiger partial charge in [0.05, 0.1) is 67.3 Å². The molecule has 119 heavy (non-hydrogen) atoms. The fourth-order valence-corrected chi connectivity index (χ4v) is 17.9. The van der Waals surface area contributed by atoms with E-state index in [9.17, 15) is 0 Å². The van der Waals surface area contributed by atoms with Crippen molar-refractivity contribution in [3.63, 3.8) is 0 Å². The number of aryl methyl sites for hydroxylation is 1. The Morgan fingerprint density at radius 2 is 0.462 bits per heavy atom. The highest BCUT2D eigenvalue weighted by molar-refractivity contribution is 6.26. The molecule has 0 amide bonds. The molecular formula is C110H76N6O3. The minimum Gasteiger partial charge on any atom is -0.456 e. The average molecular weight is 1530 g/mol. The Bertz CT molecular complexity index is 8310. The Labute approximate surface area is 685 Å². The zero-order valence-electron chi connectivity index (χ0n) is 66.4. The number of furan rings is 3. The molecule has 0 N–H and O–H groups in total. The van der Waals surface area contributed by atoms with E-state index >= 15 is 0 Å². The average Bonchev–Trinajstić information content (AvgIpc) is 1.59. The van der Waals surface area contributed by atoms with Crippen LogP contribution in [0.4, 0.5) is 0 Å². The summed E-state index contributed by atoms with van der Waals surface area (Å²) in [6, 6.07) is 121. The number of fused-ring (bicyclic) bond motifs is 27. The molecule has 6 heterocycles. The van der Waals surface area contributed by atoms with Gasteiger partial charge in [-0.15, -0.1) is 0 Å². The van der Waals surface area contributed by atoms with Gasteiger partial charge in [0.2, 0.25) is 0 Å². The second-order valence-electron chi connectivity index (χ2n) is 32.5. The van der Waals surface area contributed by atoms with Gasteiger partial charge in [0.15, 0.2) is 0 Å². The third kappa shape index (κ3) is 12.1. The molecule has 0 aliphatic carbocycles. The number of hydrogen-bond donors (Lipinski definition) is 0. The normalized spacial score (nSPS) is 12.0. The van der Waals surface area contributed by atoms with E-state index in [1.807, 2.05) is 36.4 Å². The van der Waals surface area contributed by atoms with Gasteiger partial charge in [0.1, 0.15) is 33.5 Å². The number of para-hydroxylation sites is 3. The molecule has 9 heteroatoms. The number of aromatic nitrogens is 6. The van der Waals surface area contributed by atoms with Crippen molar-refractivity contribution in [2.45, 2.75) is 52.9 Å². The van der Waals surface area contributed by atoms with Crippen LogP contribution in [0.25, 0.3) is 231 Å². The summed E-state index contributed by atoms with van der Waals surface area (Å²) in [5.74, 6) is 0.217. The van der Waals surface area contributed by atoms with Crippen molar-refractivity contribution < 1.29 is 13.3 Å². The van der Waals surface area contributed by atoms with Crippen LogP contribution in [0.15, 0.2) is 359 Å². The summed E-state index contributed by atoms with van der Waals surface area (Å²) in [5.41, 5.74) is 26.8. The Balaban J connectivity index is 0.000000107. The zero-order valence-corrected chi connectivity index (χ0v) is 66.4. The summed E-state index contributed by atoms with van der Waals surface area (Å²) in [6.07, 6.45) is 0. The fraction of sp³-hybridized carbons (Fsp3) is 0.0727. The molecule has 0 unspecified atom stereocenters. The van der Waals surface area contributed by atoms with E-state index in [1.54, 1.807) is 0 Å². The lowest BCUT2D eigenvalue weighted by Gasteiger charge is -2.23. The van der Waals surface area contributed by atoms with Crippen molar-refractivity contribution in [3.05, 3.63) is 363 Å². The molecule has 564 valence electrons. The van der Waals surface area contributed by atoms with Gasteiger partial charge in [-0.25, -0.2) is 29.9 Å². The van der Waals surface area contributed by atoms with E-state index in [0.29, 0.717) is 0 Å². The summed E-state index contributed by atoms with van der Waals surface area (Å²) in [5, 5.41) is 20.8. The number of rotatable bonds is 7. The Hall–Kier alpha value is -15.1. The molecule has 6 aromatic heterocycles. The van der Waals surface area contributed by atoms with Crippen LogP contribution < -0.4 is 0 Å². The predicted molar refractivity (Wildman–Crippen MR) is 496 cm³/mol. The van der Waals surface area contributed by atoms with Gasteiger partial charge in [0.25, 0.3) is 0 Å². The third-order valence-electron chi connectivity index (χ3n) is 23.6. The van der Waals surface area contributed by atoms with E-state index in [2.05, 4.69) is 351 Å². The van der Waals surface area contributed by atoms with Crippen molar-refractivity contribution in [1.29, 1.82) is 0 Å². The second kappa shape index (κ2) is 28.1. The van der Waals surface area contributed by atoms with Crippen LogP contribution >= 0.6 is 0 Å². The van der Waals surface area contributed by atoms with E-state index in [1.165, 1.54) is 32.3 Å². The topological polar surface area (TPSA) is 117 Å². The highest BCUT2D eigenvalue weighted by atomic mass is 16.3. The van der Waals surface area contributed by atoms with Gasteiger partial charge in [-0.3, -0.25) is 0 Å². The minimum atomic E-state index is -0.201. The Morgan fingerprint density at radius 1 is 0.210 bits per heavy atom. The lowest BCUT2D eigenvalue weighted by atomic mass is 9.87. The summed E-state index contributed by atoms with van der Waals surface area (Å²) < 4.78 is 18.2. The van der Waals surface area contributed by atoms with Gasteiger partial charge >= 0.3 is 0 Å². The van der Waals surface area contributed by atoms with Crippen LogP contribution in [0.2, 0.25) is 0 Å². The van der Waals surface area contributed by atoms with Gasteiger partial charge in [-0.2, -0.15) is 0 Å². The first-order chi connectivity index (χ1) is 58.3. The quantitative estimate of drug-likeness (QED) is 0.144. The first kappa shape index (κ1) is 70.6. The standard InChI is InChI=1S/C38H28N2O.C37H26N2O.C35H22N2O/c1-38(2,3)37-34(39-35-29-16-6-4-13-26(29)27-14-5-7-17-30(27)36(35)40-37)25-12-10-11-23(21-25)24-19-20-33-31(22-24)28-15-8-9-18-32(28)41-33;1-22(2)34-35(39-37-30-16-6-4-13-27(30)26-12-3-5-15-29(26)36(37)38-34)25-11-9-10-23(20-25)24-18-19-33-31(21-24)28-14-7-8-17-32(28)40-33;1-21-33(37-35-29-15-5-3-12-26(29)25-11-2-4-14-28(25)34(35)36-21)24-10-8-9-22(19-24)23-17-18-32-30(20-23)27-13-6-7-16-31(27)38-32/h4-22H,1-3H3;3-22H,1-2H3;2-20H,1H3. The zero-order chi connectivity index (χ0) is 79.7. The molecule has 0 atom stereocenters. The summed E-state index contributed by atoms with van der Waals surface area (Å²) in [7, 11) is 0. The van der Waals surface area contributed by atoms with Crippen LogP contribution in [-0.4, -0.2) is 29.9 Å². The molecule has 24 aromatic rings. The highest BCUT2D eigenvalue weighted by Crippen LogP contribution is 2.45. The molecular weight excluding hydrogens is 1450 g/mol. The molecule has 0 bridgehead atoms. The number of benzene rings is 18. The fourth-order valence-electron chi connectivity index (χ4n) is 17.9. The van der Waals surface area contributed by atoms with Gasteiger partial charge in [0, 0.05) is 86.7 Å². The SMILES string of the molecule is CC(C)(C)c1nc2c3ccccc3c3ccccc3c2nc1-c1cccc(-c2ccc3oc4ccccc4c3c2)c1.CC(C)c1nc2c3ccccc3c3ccccc3c2nc1-c1cccc(-c2ccc3oc4ccccc4c3c2)c1.Cc1nc2c3ccccc3c3ccccc3c2nc1-c1cccc(-c2ccc3oc4ccccc4c3c2)c1. The molecule has 24 rings (SSSR count). The van der Waals surface area contributed by atoms with E-state index in [-0.39, 0.29) is 11.3 Å². The summed E-state index contributed by atoms with van der Waals surface area (Å²) in [4.78, 5) is 31.9. The molecule has 0 radical (unpaired) electrons. The van der Waals surface area contributed by atoms with E-state index in [4.69, 9.17) is 43.2 Å². The summed E-state index contributed by atoms with van der Waals surface area (Å²) in [6.45, 7) is 13.1. The first-order valence-electron chi connectivity index (χ1n) is 40.7. The largest absolute Gasteiger partial charge is 0.456 e. The second-order valence-corrected chi connectivity index (χ2v) is 32.5. The number of hydrogen-bond acceptors (Lipinski definition) is 9. The molecule has 0 aliphatic rings. The monoisotopic (exact) mass is 1530 g/mol. The van der Waals surface area contributed by atoms with Crippen LogP contribution in [0, 0.1) is 6.92 Å². The van der Waals surface area contributed by atoms with Crippen molar-refractivity contribution in [2.24, 2.45) is 0 Å². The Morgan fingerprint density at radius 3 is 0.807 bits per heavy atom. The van der Waals surface area contributed by atoms with Gasteiger partial charge in [-0.05, 0) is 151 Å². The van der Waals surface area contributed by atoms with Crippen LogP contribution in [-0.2, 0) is 5.41 Å². The maximum Gasteiger partial charge on any atom is 0.135 e. The van der Waals surface area contributed by atoms with Gasteiger partial charge in [-0.1, -0.05) is 308 Å². The third-order valence-corrected chi connectivity index (χ3v) is 23.6. The Kier molecular flexibility index (Phi) is 16.7. The predicted octanol–water partition coefficient (Wildman–Crippen LogP) is 30.2. The van der Waals surface area contributed by atoms with Crippen molar-refractivity contribution in [1.82, 2.24) is 29.9 Å². The maximum absolute atomic E-state index is 6.08. The molecule has 0 aliphatic heterocycles. The van der Waals surface area contributed by atoms with Crippen LogP contribution in [0.1, 0.15) is 57.6 Å². The van der Waals surface area contributed by atoms with Crippen LogP contribution in [0.5, 0.6) is 0 Å². The lowest BCUT2D eigenvalue weighted by Crippen LogP contribution is -2.16. The molecule has 18 aromatic carbocycles. The molecule has 0 fully saturated rings. The summed E-state index contributed by atoms with van der Waals surface area (Å²) >= 11 is 0. The van der Waals surface area contributed by atoms with Crippen LogP contribution in [0.3, 0.4) is 0 Å². The molecule has 0 saturated heterocycles. The van der Waals surface area contributed by atoms with Gasteiger partial charge < -0.3 is 13.3 Å². The minimum absolute atomic E-state index is 0.201. The van der Waals surface area contributed by atoms with Crippen molar-refractivity contribution >= 4 is 164 Å². The molecule has 0 saturated carbocycles. The molecule has 0 spiro atoms. The molecule has 9 nitrogen and oxygen atoms in total. The first-order valence-corrected chi connectivity index (χ1v) is 40.7. The van der Waals surface area contributed by atoms with Crippen molar-refractivity contribution in [3.8, 4) is 67.2 Å². The smallest absolute Gasteiger partial charge is 0.135 e.